The van der Waals surface area contributed by atoms with E-state index in [0.717, 1.165) is 34.1 Å². The Morgan fingerprint density at radius 3 is 2.60 bits per heavy atom. The molecule has 3 aromatic rings. The van der Waals surface area contributed by atoms with E-state index < -0.39 is 6.10 Å². The molecule has 0 saturated heterocycles. The molecule has 0 aliphatic carbocycles. The van der Waals surface area contributed by atoms with Crippen molar-refractivity contribution in [3.8, 4) is 28.6 Å². The minimum absolute atomic E-state index is 0.0826. The second-order valence-corrected chi connectivity index (χ2v) is 7.66. The van der Waals surface area contributed by atoms with Crippen LogP contribution in [0.3, 0.4) is 0 Å². The zero-order chi connectivity index (χ0) is 21.8. The first-order valence-electron chi connectivity index (χ1n) is 9.90. The molecule has 0 amide bonds. The summed E-state index contributed by atoms with van der Waals surface area (Å²) in [5.41, 5.74) is 4.10. The van der Waals surface area contributed by atoms with Crippen LogP contribution >= 0.6 is 0 Å². The van der Waals surface area contributed by atoms with Crippen LogP contribution in [0.5, 0.6) is 17.2 Å². The van der Waals surface area contributed by atoms with Gasteiger partial charge in [-0.3, -0.25) is 0 Å². The normalized spacial score (nSPS) is 12.9. The van der Waals surface area contributed by atoms with Crippen molar-refractivity contribution in [3.63, 3.8) is 0 Å². The van der Waals surface area contributed by atoms with Gasteiger partial charge in [-0.2, -0.15) is 0 Å². The third-order valence-corrected chi connectivity index (χ3v) is 5.22. The molecule has 1 heterocycles. The Hall–Kier alpha value is -3.18. The first kappa shape index (κ1) is 21.5. The molecule has 0 radical (unpaired) electrons. The van der Waals surface area contributed by atoms with Crippen LogP contribution in [0.15, 0.2) is 64.6 Å². The quantitative estimate of drug-likeness (QED) is 0.415. The van der Waals surface area contributed by atoms with Crippen LogP contribution in [0.4, 0.5) is 0 Å². The third kappa shape index (κ3) is 4.86. The molecule has 5 nitrogen and oxygen atoms in total. The Balaban J connectivity index is 1.95. The Bertz CT molecular complexity index is 1090. The fraction of sp³-hybridized carbons (Fsp3) is 0.280. The lowest BCUT2D eigenvalue weighted by molar-refractivity contribution is 0.201. The molecule has 5 heteroatoms. The van der Waals surface area contributed by atoms with Crippen molar-refractivity contribution in [3.05, 3.63) is 65.8 Å². The van der Waals surface area contributed by atoms with Gasteiger partial charge in [-0.25, -0.2) is 0 Å². The fourth-order valence-electron chi connectivity index (χ4n) is 3.39. The van der Waals surface area contributed by atoms with Gasteiger partial charge in [0.15, 0.2) is 0 Å². The number of hydrogen-bond donors (Lipinski definition) is 3. The van der Waals surface area contributed by atoms with E-state index in [1.165, 1.54) is 0 Å². The number of methoxy groups -OCH3 is 1. The summed E-state index contributed by atoms with van der Waals surface area (Å²) in [6.07, 6.45) is 3.56. The summed E-state index contributed by atoms with van der Waals surface area (Å²) >= 11 is 0. The van der Waals surface area contributed by atoms with E-state index in [1.54, 1.807) is 37.4 Å². The number of ether oxygens (including phenoxy) is 1. The third-order valence-electron chi connectivity index (χ3n) is 5.22. The fourth-order valence-corrected chi connectivity index (χ4v) is 3.39. The van der Waals surface area contributed by atoms with Crippen molar-refractivity contribution in [1.82, 2.24) is 0 Å². The Labute approximate surface area is 176 Å². The van der Waals surface area contributed by atoms with Crippen LogP contribution in [0.1, 0.15) is 32.3 Å². The molecule has 0 bridgehead atoms. The van der Waals surface area contributed by atoms with Crippen molar-refractivity contribution in [1.29, 1.82) is 0 Å². The molecular weight excluding hydrogens is 380 g/mol. The molecule has 0 aliphatic rings. The minimum atomic E-state index is -0.501. The van der Waals surface area contributed by atoms with Crippen LogP contribution in [0.2, 0.25) is 0 Å². The number of furan rings is 1. The monoisotopic (exact) mass is 408 g/mol. The lowest BCUT2D eigenvalue weighted by atomic mass is 9.97. The van der Waals surface area contributed by atoms with Crippen molar-refractivity contribution >= 4 is 11.0 Å². The predicted octanol–water partition coefficient (Wildman–Crippen LogP) is 5.73. The van der Waals surface area contributed by atoms with Gasteiger partial charge in [-0.1, -0.05) is 23.8 Å². The van der Waals surface area contributed by atoms with Gasteiger partial charge >= 0.3 is 0 Å². The van der Waals surface area contributed by atoms with E-state index >= 15 is 0 Å². The summed E-state index contributed by atoms with van der Waals surface area (Å²) in [5, 5.41) is 30.7. The maximum atomic E-state index is 10.2. The van der Waals surface area contributed by atoms with Crippen LogP contribution in [-0.2, 0) is 6.42 Å². The molecule has 1 atom stereocenters. The van der Waals surface area contributed by atoms with E-state index in [0.29, 0.717) is 29.9 Å². The van der Waals surface area contributed by atoms with Crippen molar-refractivity contribution < 1.29 is 24.5 Å². The number of aromatic hydroxyl groups is 2. The van der Waals surface area contributed by atoms with Crippen LogP contribution in [0, 0.1) is 0 Å². The highest BCUT2D eigenvalue weighted by Crippen LogP contribution is 2.38. The molecule has 3 rings (SSSR count). The maximum absolute atomic E-state index is 10.2. The Morgan fingerprint density at radius 1 is 1.13 bits per heavy atom. The smallest absolute Gasteiger partial charge is 0.138 e. The molecule has 0 spiro atoms. The summed E-state index contributed by atoms with van der Waals surface area (Å²) in [4.78, 5) is 0. The Morgan fingerprint density at radius 2 is 1.90 bits per heavy atom. The molecule has 0 saturated carbocycles. The number of allylic oxidation sites excluding steroid dienone is 2. The predicted molar refractivity (Wildman–Crippen MR) is 119 cm³/mol. The van der Waals surface area contributed by atoms with Gasteiger partial charge in [0, 0.05) is 28.6 Å². The molecule has 30 heavy (non-hydrogen) atoms. The summed E-state index contributed by atoms with van der Waals surface area (Å²) in [7, 11) is 1.57. The SMILES string of the molecule is C=C(C)[C@H](O)CCC(C)=CCc1c(OC)cc(O)cc1-c1cc2ccc(O)cc2o1. The highest BCUT2D eigenvalue weighted by molar-refractivity contribution is 5.85. The van der Waals surface area contributed by atoms with Crippen LogP contribution in [-0.4, -0.2) is 28.5 Å². The molecule has 0 aliphatic heterocycles. The summed E-state index contributed by atoms with van der Waals surface area (Å²) < 4.78 is 11.5. The number of fused-ring (bicyclic) bond motifs is 1. The molecule has 3 N–H and O–H groups in total. The van der Waals surface area contributed by atoms with E-state index in [4.69, 9.17) is 9.15 Å². The van der Waals surface area contributed by atoms with E-state index in [2.05, 4.69) is 12.7 Å². The van der Waals surface area contributed by atoms with Crippen molar-refractivity contribution in [2.24, 2.45) is 0 Å². The average molecular weight is 408 g/mol. The second-order valence-electron chi connectivity index (χ2n) is 7.66. The zero-order valence-electron chi connectivity index (χ0n) is 17.6. The van der Waals surface area contributed by atoms with Crippen molar-refractivity contribution in [2.75, 3.05) is 7.11 Å². The van der Waals surface area contributed by atoms with E-state index in [1.807, 2.05) is 19.9 Å². The topological polar surface area (TPSA) is 83.1 Å². The minimum Gasteiger partial charge on any atom is -0.508 e. The van der Waals surface area contributed by atoms with E-state index in [-0.39, 0.29) is 11.5 Å². The van der Waals surface area contributed by atoms with Gasteiger partial charge in [-0.05, 0) is 57.4 Å². The molecule has 1 aromatic heterocycles. The lowest BCUT2D eigenvalue weighted by Gasteiger charge is -2.13. The Kier molecular flexibility index (Phi) is 6.53. The number of rotatable bonds is 8. The van der Waals surface area contributed by atoms with E-state index in [9.17, 15) is 15.3 Å². The number of aliphatic hydroxyl groups excluding tert-OH is 1. The number of phenolic OH excluding ortho intramolecular Hbond substituents is 2. The summed E-state index contributed by atoms with van der Waals surface area (Å²) in [5.74, 6) is 1.37. The molecule has 0 unspecified atom stereocenters. The van der Waals surface area contributed by atoms with Gasteiger partial charge in [0.25, 0.3) is 0 Å². The first-order valence-corrected chi connectivity index (χ1v) is 9.90. The van der Waals surface area contributed by atoms with Crippen LogP contribution in [0.25, 0.3) is 22.3 Å². The standard InChI is InChI=1S/C25H28O5/c1-15(2)22(28)10-6-16(3)5-9-20-21(12-19(27)14-24(20)29-4)25-11-17-7-8-18(26)13-23(17)30-25/h5,7-8,11-14,22,26-28H,1,6,9-10H2,2-4H3/t22-/m1/s1. The average Bonchev–Trinajstić information content (AvgIpc) is 3.13. The largest absolute Gasteiger partial charge is 0.508 e. The number of aliphatic hydroxyl groups is 1. The number of phenols is 2. The molecule has 2 aromatic carbocycles. The highest BCUT2D eigenvalue weighted by Gasteiger charge is 2.17. The second kappa shape index (κ2) is 9.09. The number of benzene rings is 2. The van der Waals surface area contributed by atoms with Gasteiger partial charge in [0.2, 0.25) is 0 Å². The van der Waals surface area contributed by atoms with Gasteiger partial charge < -0.3 is 24.5 Å². The molecule has 0 fully saturated rings. The summed E-state index contributed by atoms with van der Waals surface area (Å²) in [6, 6.07) is 10.1. The maximum Gasteiger partial charge on any atom is 0.138 e. The van der Waals surface area contributed by atoms with Crippen molar-refractivity contribution in [2.45, 2.75) is 39.2 Å². The molecule has 158 valence electrons. The van der Waals surface area contributed by atoms with Crippen LogP contribution < -0.4 is 4.74 Å². The van der Waals surface area contributed by atoms with Gasteiger partial charge in [0.05, 0.1) is 13.2 Å². The van der Waals surface area contributed by atoms with Gasteiger partial charge in [-0.15, -0.1) is 0 Å². The molecular formula is C25H28O5. The lowest BCUT2D eigenvalue weighted by Crippen LogP contribution is -2.06. The number of hydrogen-bond acceptors (Lipinski definition) is 5. The first-order chi connectivity index (χ1) is 14.3. The summed E-state index contributed by atoms with van der Waals surface area (Å²) in [6.45, 7) is 7.64. The zero-order valence-corrected chi connectivity index (χ0v) is 17.6. The van der Waals surface area contributed by atoms with Gasteiger partial charge in [0.1, 0.15) is 28.6 Å². The highest BCUT2D eigenvalue weighted by atomic mass is 16.5.